The molecular weight excluding hydrogens is 551 g/mol. The number of hydrazone groups is 2. The van der Waals surface area contributed by atoms with Crippen LogP contribution in [0.3, 0.4) is 0 Å². The largest absolute Gasteiger partial charge is 0.291 e. The molecule has 0 radical (unpaired) electrons. The monoisotopic (exact) mass is 574 g/mol. The van der Waals surface area contributed by atoms with Crippen molar-refractivity contribution in [2.24, 2.45) is 10.2 Å². The van der Waals surface area contributed by atoms with Crippen LogP contribution in [0.25, 0.3) is 0 Å². The number of sulfone groups is 1. The lowest BCUT2D eigenvalue weighted by Gasteiger charge is -2.30. The Labute approximate surface area is 237 Å². The van der Waals surface area contributed by atoms with Gasteiger partial charge in [-0.1, -0.05) is 96.0 Å². The topological polar surface area (TPSA) is 74.1 Å². The average molecular weight is 576 g/mol. The van der Waals surface area contributed by atoms with E-state index in [-0.39, 0.29) is 6.42 Å². The number of benzene rings is 4. The van der Waals surface area contributed by atoms with Crippen molar-refractivity contribution >= 4 is 50.1 Å². The molecule has 6 nitrogen and oxygen atoms in total. The van der Waals surface area contributed by atoms with Crippen molar-refractivity contribution < 1.29 is 8.42 Å². The van der Waals surface area contributed by atoms with Crippen molar-refractivity contribution in [3.63, 3.8) is 0 Å². The lowest BCUT2D eigenvalue weighted by Crippen LogP contribution is -2.45. The predicted octanol–water partition coefficient (Wildman–Crippen LogP) is 6.47. The zero-order chi connectivity index (χ0) is 27.0. The van der Waals surface area contributed by atoms with Crippen molar-refractivity contribution in [3.05, 3.63) is 136 Å². The van der Waals surface area contributed by atoms with Gasteiger partial charge in [-0.15, -0.1) is 0 Å². The molecule has 2 aliphatic heterocycles. The molecule has 39 heavy (non-hydrogen) atoms. The van der Waals surface area contributed by atoms with E-state index < -0.39 is 26.5 Å². The average Bonchev–Trinajstić information content (AvgIpc) is 3.62. The van der Waals surface area contributed by atoms with Crippen LogP contribution in [0.5, 0.6) is 0 Å². The first kappa shape index (κ1) is 25.6. The Morgan fingerprint density at radius 3 is 1.92 bits per heavy atom. The number of anilines is 1. The van der Waals surface area contributed by atoms with Crippen LogP contribution in [-0.4, -0.2) is 30.5 Å². The van der Waals surface area contributed by atoms with E-state index in [9.17, 15) is 8.42 Å². The minimum Gasteiger partial charge on any atom is -0.291 e. The third kappa shape index (κ3) is 4.93. The Balaban J connectivity index is 1.45. The smallest absolute Gasteiger partial charge is 0.184 e. The molecule has 0 aromatic heterocycles. The maximum Gasteiger partial charge on any atom is 0.184 e. The van der Waals surface area contributed by atoms with Crippen molar-refractivity contribution in [2.75, 3.05) is 5.01 Å². The fraction of sp³-hybridized carbons (Fsp3) is 0.133. The summed E-state index contributed by atoms with van der Waals surface area (Å²) in [7, 11) is -3.89. The Kier molecular flexibility index (Phi) is 6.89. The van der Waals surface area contributed by atoms with Crippen molar-refractivity contribution in [1.29, 1.82) is 0 Å². The summed E-state index contributed by atoms with van der Waals surface area (Å²) >= 11 is 12.2. The Hall–Kier alpha value is -3.65. The zero-order valence-electron chi connectivity index (χ0n) is 20.7. The molecule has 1 N–H and O–H groups in total. The van der Waals surface area contributed by atoms with Crippen LogP contribution in [0.15, 0.2) is 119 Å². The van der Waals surface area contributed by atoms with Gasteiger partial charge in [0.05, 0.1) is 17.1 Å². The maximum atomic E-state index is 14.6. The van der Waals surface area contributed by atoms with Gasteiger partial charge >= 0.3 is 0 Å². The molecule has 0 fully saturated rings. The van der Waals surface area contributed by atoms with E-state index in [0.717, 1.165) is 16.8 Å². The highest BCUT2D eigenvalue weighted by atomic mass is 35.5. The second kappa shape index (κ2) is 10.5. The summed E-state index contributed by atoms with van der Waals surface area (Å²) in [5, 5.41) is 10.5. The molecule has 2 aliphatic rings. The Morgan fingerprint density at radius 1 is 0.744 bits per heavy atom. The molecule has 0 bridgehead atoms. The molecule has 0 spiro atoms. The van der Waals surface area contributed by atoms with Crippen LogP contribution >= 0.6 is 23.2 Å². The van der Waals surface area contributed by atoms with E-state index in [1.807, 2.05) is 89.9 Å². The molecule has 0 aliphatic carbocycles. The quantitative estimate of drug-likeness (QED) is 0.286. The molecule has 196 valence electrons. The Morgan fingerprint density at radius 2 is 1.31 bits per heavy atom. The molecule has 0 saturated heterocycles. The van der Waals surface area contributed by atoms with E-state index in [2.05, 4.69) is 10.5 Å². The molecule has 0 saturated carbocycles. The van der Waals surface area contributed by atoms with Gasteiger partial charge in [0.15, 0.2) is 15.2 Å². The van der Waals surface area contributed by atoms with Gasteiger partial charge in [-0.25, -0.2) is 8.42 Å². The molecule has 2 heterocycles. The highest BCUT2D eigenvalue weighted by Gasteiger charge is 2.51. The molecule has 0 amide bonds. The summed E-state index contributed by atoms with van der Waals surface area (Å²) in [6.45, 7) is 0. The number of nitrogens with zero attached hydrogens (tertiary/aromatic N) is 3. The number of nitrogens with one attached hydrogen (secondary N) is 1. The van der Waals surface area contributed by atoms with Gasteiger partial charge in [0.2, 0.25) is 0 Å². The van der Waals surface area contributed by atoms with Gasteiger partial charge in [-0.05, 0) is 53.1 Å². The minimum atomic E-state index is -3.89. The van der Waals surface area contributed by atoms with Crippen LogP contribution < -0.4 is 10.4 Å². The standard InChI is InChI=1S/C30H24Cl2N4O2S/c31-23-15-11-20(12-16-23)26-19-27(34-33-26)39(37,38)30-28(21-13-17-24(32)18-14-21)35-36(25-9-5-2-6-10-25)29(30)22-7-3-1-4-8-22/h1-18,27,29-30,34H,19H2. The van der Waals surface area contributed by atoms with Crippen molar-refractivity contribution in [2.45, 2.75) is 23.1 Å². The second-order valence-corrected chi connectivity index (χ2v) is 12.6. The van der Waals surface area contributed by atoms with Gasteiger partial charge in [0, 0.05) is 16.5 Å². The predicted molar refractivity (Wildman–Crippen MR) is 158 cm³/mol. The third-order valence-corrected chi connectivity index (χ3v) is 9.75. The van der Waals surface area contributed by atoms with Gasteiger partial charge in [-0.2, -0.15) is 10.2 Å². The van der Waals surface area contributed by atoms with E-state index in [0.29, 0.717) is 27.0 Å². The fourth-order valence-corrected chi connectivity index (χ4v) is 7.39. The molecule has 3 unspecified atom stereocenters. The number of halogens is 2. The first-order chi connectivity index (χ1) is 18.9. The van der Waals surface area contributed by atoms with Crippen LogP contribution in [0, 0.1) is 0 Å². The molecule has 6 rings (SSSR count). The highest BCUT2D eigenvalue weighted by molar-refractivity contribution is 7.93. The van der Waals surface area contributed by atoms with Gasteiger partial charge < -0.3 is 0 Å². The number of rotatable bonds is 6. The zero-order valence-corrected chi connectivity index (χ0v) is 23.0. The lowest BCUT2D eigenvalue weighted by molar-refractivity contribution is 0.552. The summed E-state index contributed by atoms with van der Waals surface area (Å²) in [5.41, 5.74) is 7.22. The number of para-hydroxylation sites is 1. The minimum absolute atomic E-state index is 0.223. The molecule has 9 heteroatoms. The van der Waals surface area contributed by atoms with Crippen molar-refractivity contribution in [1.82, 2.24) is 5.43 Å². The van der Waals surface area contributed by atoms with Crippen LogP contribution in [0.2, 0.25) is 10.0 Å². The number of hydrogen-bond donors (Lipinski definition) is 1. The van der Waals surface area contributed by atoms with E-state index in [1.54, 1.807) is 24.3 Å². The lowest BCUT2D eigenvalue weighted by atomic mass is 9.97. The third-order valence-electron chi connectivity index (χ3n) is 6.99. The maximum absolute atomic E-state index is 14.6. The fourth-order valence-electron chi connectivity index (χ4n) is 5.06. The molecule has 3 atom stereocenters. The number of hydrogen-bond acceptors (Lipinski definition) is 6. The normalized spacial score (nSPS) is 20.9. The summed E-state index contributed by atoms with van der Waals surface area (Å²) in [4.78, 5) is 0. The van der Waals surface area contributed by atoms with Crippen LogP contribution in [0.4, 0.5) is 5.69 Å². The molecule has 4 aromatic carbocycles. The summed E-state index contributed by atoms with van der Waals surface area (Å²) in [6.07, 6.45) is 0.223. The SMILES string of the molecule is O=S(=O)(C1CC(c2ccc(Cl)cc2)=NN1)C1C(c2ccc(Cl)cc2)=NN(c2ccccc2)C1c1ccccc1. The second-order valence-electron chi connectivity index (χ2n) is 9.42. The van der Waals surface area contributed by atoms with Gasteiger partial charge in [0.25, 0.3) is 0 Å². The van der Waals surface area contributed by atoms with E-state index >= 15 is 0 Å². The molecular formula is C30H24Cl2N4O2S. The van der Waals surface area contributed by atoms with Crippen LogP contribution in [-0.2, 0) is 9.84 Å². The molecule has 4 aromatic rings. The van der Waals surface area contributed by atoms with E-state index in [1.165, 1.54) is 0 Å². The first-order valence-electron chi connectivity index (χ1n) is 12.5. The van der Waals surface area contributed by atoms with Crippen LogP contribution in [0.1, 0.15) is 29.2 Å². The van der Waals surface area contributed by atoms with E-state index in [4.69, 9.17) is 28.3 Å². The summed E-state index contributed by atoms with van der Waals surface area (Å²) in [5.74, 6) is 0. The van der Waals surface area contributed by atoms with Crippen molar-refractivity contribution in [3.8, 4) is 0 Å². The summed E-state index contributed by atoms with van der Waals surface area (Å²) < 4.78 is 29.2. The van der Waals surface area contributed by atoms with Gasteiger partial charge in [0.1, 0.15) is 11.3 Å². The Bertz CT molecular complexity index is 1640. The highest BCUT2D eigenvalue weighted by Crippen LogP contribution is 2.42. The first-order valence-corrected chi connectivity index (χ1v) is 14.8. The van der Waals surface area contributed by atoms with Gasteiger partial charge in [-0.3, -0.25) is 10.4 Å². The summed E-state index contributed by atoms with van der Waals surface area (Å²) in [6, 6.07) is 33.0.